The number of benzene rings is 1. The van der Waals surface area contributed by atoms with Crippen LogP contribution in [-0.4, -0.2) is 72.7 Å². The smallest absolute Gasteiger partial charge is 0.174 e. The van der Waals surface area contributed by atoms with Crippen LogP contribution in [0.4, 0.5) is 5.69 Å². The molecule has 0 radical (unpaired) electrons. The topological polar surface area (TPSA) is 64.0 Å². The molecule has 10 heteroatoms. The van der Waals surface area contributed by atoms with Crippen molar-refractivity contribution in [3.05, 3.63) is 76.3 Å². The molecular weight excluding hydrogens is 546 g/mol. The zero-order chi connectivity index (χ0) is 28.1. The summed E-state index contributed by atoms with van der Waals surface area (Å²) in [5, 5.41) is 4.73. The number of nitrogens with zero attached hydrogens (tertiary/aromatic N) is 4. The quantitative estimate of drug-likeness (QED) is 0.248. The van der Waals surface area contributed by atoms with E-state index >= 15 is 0 Å². The molecule has 1 N–H and O–H groups in total. The summed E-state index contributed by atoms with van der Waals surface area (Å²) in [5.41, 5.74) is 5.56. The standard InChI is InChI=1S/C30H38ClN5O3S/c1-21-19-24(22(2)35(21)12-6-11-34-13-15-38-16-14-34)29-28(26-7-4-5-10-32-26)33-30(40)36(29)23-8-9-27(25(31)20-23)39-18-17-37-3/h4-5,7-10,19-20,28-29H,6,11-18H2,1-3H3,(H,33,40). The van der Waals surface area contributed by atoms with Gasteiger partial charge in [0.05, 0.1) is 42.6 Å². The van der Waals surface area contributed by atoms with Gasteiger partial charge < -0.3 is 29.0 Å². The Kier molecular flexibility index (Phi) is 9.59. The van der Waals surface area contributed by atoms with Crippen molar-refractivity contribution in [1.29, 1.82) is 0 Å². The van der Waals surface area contributed by atoms with Gasteiger partial charge in [0.15, 0.2) is 5.11 Å². The SMILES string of the molecule is COCCOc1ccc(N2C(=S)NC(c3ccccn3)C2c2cc(C)n(CCCN3CCOCC3)c2C)cc1Cl. The van der Waals surface area contributed by atoms with Gasteiger partial charge in [-0.05, 0) is 74.4 Å². The second kappa shape index (κ2) is 13.3. The number of morpholine rings is 1. The molecule has 0 amide bonds. The van der Waals surface area contributed by atoms with Crippen molar-refractivity contribution in [2.75, 3.05) is 58.1 Å². The Hall–Kier alpha value is -2.69. The van der Waals surface area contributed by atoms with Crippen molar-refractivity contribution < 1.29 is 14.2 Å². The summed E-state index contributed by atoms with van der Waals surface area (Å²) in [7, 11) is 1.65. The van der Waals surface area contributed by atoms with Crippen LogP contribution < -0.4 is 15.0 Å². The summed E-state index contributed by atoms with van der Waals surface area (Å²) in [6, 6.07) is 13.9. The van der Waals surface area contributed by atoms with Gasteiger partial charge in [-0.1, -0.05) is 17.7 Å². The monoisotopic (exact) mass is 583 g/mol. The van der Waals surface area contributed by atoms with Gasteiger partial charge in [-0.2, -0.15) is 0 Å². The molecule has 2 atom stereocenters. The van der Waals surface area contributed by atoms with Crippen molar-refractivity contribution in [2.45, 2.75) is 38.9 Å². The Labute approximate surface area is 247 Å². The summed E-state index contributed by atoms with van der Waals surface area (Å²) in [6.45, 7) is 11.1. The molecule has 0 spiro atoms. The maximum absolute atomic E-state index is 6.68. The Morgan fingerprint density at radius 1 is 1.10 bits per heavy atom. The van der Waals surface area contributed by atoms with Crippen molar-refractivity contribution >= 4 is 34.6 Å². The van der Waals surface area contributed by atoms with E-state index in [2.05, 4.69) is 45.7 Å². The molecule has 2 fully saturated rings. The van der Waals surface area contributed by atoms with Gasteiger partial charge in [-0.15, -0.1) is 0 Å². The van der Waals surface area contributed by atoms with E-state index in [4.69, 9.17) is 43.0 Å². The summed E-state index contributed by atoms with van der Waals surface area (Å²) in [5.74, 6) is 0.622. The molecule has 0 bridgehead atoms. The van der Waals surface area contributed by atoms with Crippen LogP contribution in [0.5, 0.6) is 5.75 Å². The molecule has 2 unspecified atom stereocenters. The fourth-order valence-corrected chi connectivity index (χ4v) is 6.26. The number of rotatable bonds is 11. The van der Waals surface area contributed by atoms with Crippen LogP contribution in [0.2, 0.25) is 5.02 Å². The van der Waals surface area contributed by atoms with Crippen molar-refractivity contribution in [2.24, 2.45) is 0 Å². The molecule has 3 aromatic rings. The van der Waals surface area contributed by atoms with Gasteiger partial charge in [0.25, 0.3) is 0 Å². The highest BCUT2D eigenvalue weighted by molar-refractivity contribution is 7.80. The third-order valence-electron chi connectivity index (χ3n) is 7.73. The average Bonchev–Trinajstić information content (AvgIpc) is 3.45. The molecule has 0 aliphatic carbocycles. The second-order valence-electron chi connectivity index (χ2n) is 10.2. The molecule has 8 nitrogen and oxygen atoms in total. The van der Waals surface area contributed by atoms with E-state index in [1.807, 2.05) is 36.5 Å². The normalized spacial score (nSPS) is 19.7. The molecule has 2 aliphatic rings. The first kappa shape index (κ1) is 28.8. The number of aryl methyl sites for hydroxylation is 1. The molecule has 40 heavy (non-hydrogen) atoms. The number of ether oxygens (including phenoxy) is 3. The van der Waals surface area contributed by atoms with E-state index in [0.717, 1.165) is 57.2 Å². The van der Waals surface area contributed by atoms with Crippen LogP contribution in [0.1, 0.15) is 41.1 Å². The maximum Gasteiger partial charge on any atom is 0.174 e. The van der Waals surface area contributed by atoms with Crippen molar-refractivity contribution in [3.63, 3.8) is 0 Å². The Balaban J connectivity index is 1.45. The first-order chi connectivity index (χ1) is 19.5. The fourth-order valence-electron chi connectivity index (χ4n) is 5.69. The molecule has 2 saturated heterocycles. The Morgan fingerprint density at radius 2 is 1.93 bits per heavy atom. The largest absolute Gasteiger partial charge is 0.490 e. The summed E-state index contributed by atoms with van der Waals surface area (Å²) in [6.07, 6.45) is 2.92. The molecule has 4 heterocycles. The number of hydrogen-bond donors (Lipinski definition) is 1. The minimum atomic E-state index is -0.118. The maximum atomic E-state index is 6.68. The highest BCUT2D eigenvalue weighted by Crippen LogP contribution is 2.44. The van der Waals surface area contributed by atoms with Crippen molar-refractivity contribution in [1.82, 2.24) is 19.8 Å². The Bertz CT molecular complexity index is 1300. The molecule has 214 valence electrons. The predicted octanol–water partition coefficient (Wildman–Crippen LogP) is 5.08. The first-order valence-corrected chi connectivity index (χ1v) is 14.6. The van der Waals surface area contributed by atoms with Gasteiger partial charge in [-0.3, -0.25) is 9.88 Å². The lowest BCUT2D eigenvalue weighted by Gasteiger charge is -2.29. The van der Waals surface area contributed by atoms with Gasteiger partial charge in [-0.25, -0.2) is 0 Å². The molecule has 0 saturated carbocycles. The number of aromatic nitrogens is 2. The van der Waals surface area contributed by atoms with Gasteiger partial charge in [0, 0.05) is 56.6 Å². The highest BCUT2D eigenvalue weighted by atomic mass is 35.5. The number of hydrogen-bond acceptors (Lipinski definition) is 6. The summed E-state index contributed by atoms with van der Waals surface area (Å²) >= 11 is 12.6. The van der Waals surface area contributed by atoms with E-state index in [1.165, 1.54) is 17.0 Å². The van der Waals surface area contributed by atoms with Gasteiger partial charge in [0.2, 0.25) is 0 Å². The number of halogens is 1. The zero-order valence-electron chi connectivity index (χ0n) is 23.4. The van der Waals surface area contributed by atoms with E-state index in [0.29, 0.717) is 29.1 Å². The third kappa shape index (κ3) is 6.29. The van der Waals surface area contributed by atoms with E-state index in [9.17, 15) is 0 Å². The highest BCUT2D eigenvalue weighted by Gasteiger charge is 2.42. The number of nitrogens with one attached hydrogen (secondary N) is 1. The predicted molar refractivity (Wildman–Crippen MR) is 163 cm³/mol. The minimum Gasteiger partial charge on any atom is -0.490 e. The van der Waals surface area contributed by atoms with E-state index < -0.39 is 0 Å². The molecular formula is C30H38ClN5O3S. The van der Waals surface area contributed by atoms with E-state index in [-0.39, 0.29) is 12.1 Å². The molecule has 5 rings (SSSR count). The van der Waals surface area contributed by atoms with Crippen LogP contribution in [0.3, 0.4) is 0 Å². The number of thiocarbonyl (C=S) groups is 1. The molecule has 2 aromatic heterocycles. The lowest BCUT2D eigenvalue weighted by atomic mass is 9.96. The van der Waals surface area contributed by atoms with Crippen LogP contribution in [0.15, 0.2) is 48.7 Å². The summed E-state index contributed by atoms with van der Waals surface area (Å²) < 4.78 is 18.8. The lowest BCUT2D eigenvalue weighted by Crippen LogP contribution is -2.37. The average molecular weight is 584 g/mol. The number of anilines is 1. The number of methoxy groups -OCH3 is 1. The van der Waals surface area contributed by atoms with Gasteiger partial charge >= 0.3 is 0 Å². The third-order valence-corrected chi connectivity index (χ3v) is 8.34. The zero-order valence-corrected chi connectivity index (χ0v) is 25.0. The van der Waals surface area contributed by atoms with Crippen LogP contribution in [-0.2, 0) is 16.0 Å². The minimum absolute atomic E-state index is 0.0991. The van der Waals surface area contributed by atoms with Crippen molar-refractivity contribution in [3.8, 4) is 5.75 Å². The molecule has 1 aromatic carbocycles. The number of pyridine rings is 1. The van der Waals surface area contributed by atoms with E-state index in [1.54, 1.807) is 7.11 Å². The van der Waals surface area contributed by atoms with Crippen LogP contribution in [0.25, 0.3) is 0 Å². The molecule has 2 aliphatic heterocycles. The summed E-state index contributed by atoms with van der Waals surface area (Å²) in [4.78, 5) is 9.36. The van der Waals surface area contributed by atoms with Crippen LogP contribution in [0, 0.1) is 13.8 Å². The van der Waals surface area contributed by atoms with Crippen LogP contribution >= 0.6 is 23.8 Å². The lowest BCUT2D eigenvalue weighted by molar-refractivity contribution is 0.0369. The first-order valence-electron chi connectivity index (χ1n) is 13.9. The van der Waals surface area contributed by atoms with Gasteiger partial charge in [0.1, 0.15) is 12.4 Å². The fraction of sp³-hybridized carbons (Fsp3) is 0.467. The second-order valence-corrected chi connectivity index (χ2v) is 11.0. The Morgan fingerprint density at radius 3 is 2.65 bits per heavy atom.